The van der Waals surface area contributed by atoms with E-state index in [2.05, 4.69) is 4.98 Å². The molecule has 2 aromatic carbocycles. The molecule has 6 nitrogen and oxygen atoms in total. The Bertz CT molecular complexity index is 1160. The lowest BCUT2D eigenvalue weighted by Gasteiger charge is -2.25. The number of hydrogen-bond acceptors (Lipinski definition) is 5. The number of amides is 1. The van der Waals surface area contributed by atoms with Crippen molar-refractivity contribution in [3.63, 3.8) is 0 Å². The smallest absolute Gasteiger partial charge is 0.300 e. The number of Topliss-reactive ketones (excluding diaryl/α,β-unsaturated/α-hetero) is 1. The maximum atomic E-state index is 13.1. The highest BCUT2D eigenvalue weighted by molar-refractivity contribution is 6.51. The molecule has 1 aliphatic rings. The Morgan fingerprint density at radius 3 is 2.50 bits per heavy atom. The molecule has 1 aromatic heterocycles. The van der Waals surface area contributed by atoms with Gasteiger partial charge < -0.3 is 9.84 Å². The molecule has 1 amide bonds. The Hall–Kier alpha value is -3.64. The van der Waals surface area contributed by atoms with E-state index in [1.54, 1.807) is 73.1 Å². The van der Waals surface area contributed by atoms with Gasteiger partial charge in [-0.05, 0) is 48.0 Å². The Morgan fingerprint density at radius 2 is 1.80 bits per heavy atom. The molecule has 1 fully saturated rings. The number of anilines is 1. The molecule has 1 unspecified atom stereocenters. The molecule has 4 rings (SSSR count). The van der Waals surface area contributed by atoms with Crippen LogP contribution in [0.5, 0.6) is 5.75 Å². The number of methoxy groups -OCH3 is 1. The number of ketones is 1. The second-order valence-corrected chi connectivity index (χ2v) is 7.07. The summed E-state index contributed by atoms with van der Waals surface area (Å²) in [6.45, 7) is 0. The number of aliphatic hydroxyl groups excluding tert-OH is 1. The summed E-state index contributed by atoms with van der Waals surface area (Å²) in [4.78, 5) is 31.5. The molecule has 0 bridgehead atoms. The molecule has 150 valence electrons. The van der Waals surface area contributed by atoms with Crippen molar-refractivity contribution >= 4 is 34.7 Å². The van der Waals surface area contributed by atoms with Crippen LogP contribution in [0.3, 0.4) is 0 Å². The minimum atomic E-state index is -0.851. The van der Waals surface area contributed by atoms with Gasteiger partial charge in [0.25, 0.3) is 11.7 Å². The minimum absolute atomic E-state index is 0.0318. The van der Waals surface area contributed by atoms with Crippen LogP contribution < -0.4 is 9.64 Å². The molecule has 1 aliphatic heterocycles. The molecule has 1 atom stereocenters. The zero-order valence-electron chi connectivity index (χ0n) is 15.9. The van der Waals surface area contributed by atoms with Crippen molar-refractivity contribution in [3.05, 3.63) is 94.8 Å². The van der Waals surface area contributed by atoms with E-state index in [0.29, 0.717) is 27.6 Å². The molecule has 0 radical (unpaired) electrons. The van der Waals surface area contributed by atoms with Gasteiger partial charge in [0.15, 0.2) is 0 Å². The fourth-order valence-corrected chi connectivity index (χ4v) is 3.76. The number of rotatable bonds is 4. The monoisotopic (exact) mass is 420 g/mol. The molecule has 7 heteroatoms. The van der Waals surface area contributed by atoms with Crippen molar-refractivity contribution in [2.75, 3.05) is 12.0 Å². The van der Waals surface area contributed by atoms with Crippen molar-refractivity contribution in [2.24, 2.45) is 0 Å². The van der Waals surface area contributed by atoms with Crippen molar-refractivity contribution in [1.29, 1.82) is 0 Å². The van der Waals surface area contributed by atoms with Gasteiger partial charge in [-0.3, -0.25) is 19.5 Å². The summed E-state index contributed by atoms with van der Waals surface area (Å²) in [6, 6.07) is 16.0. The topological polar surface area (TPSA) is 79.7 Å². The summed E-state index contributed by atoms with van der Waals surface area (Å²) in [5, 5.41) is 11.6. The maximum Gasteiger partial charge on any atom is 0.300 e. The van der Waals surface area contributed by atoms with Crippen LogP contribution in [0.1, 0.15) is 17.2 Å². The highest BCUT2D eigenvalue weighted by Gasteiger charge is 2.47. The lowest BCUT2D eigenvalue weighted by atomic mass is 9.95. The summed E-state index contributed by atoms with van der Waals surface area (Å²) in [5.41, 5.74) is 1.37. The van der Waals surface area contributed by atoms with Gasteiger partial charge in [-0.25, -0.2) is 0 Å². The fraction of sp³-hybridized carbons (Fsp3) is 0.0870. The quantitative estimate of drug-likeness (QED) is 0.385. The van der Waals surface area contributed by atoms with Gasteiger partial charge in [0.2, 0.25) is 0 Å². The van der Waals surface area contributed by atoms with E-state index < -0.39 is 17.7 Å². The molecule has 30 heavy (non-hydrogen) atoms. The number of nitrogens with zero attached hydrogens (tertiary/aromatic N) is 2. The number of para-hydroxylation sites is 1. The predicted molar refractivity (Wildman–Crippen MR) is 113 cm³/mol. The van der Waals surface area contributed by atoms with E-state index in [4.69, 9.17) is 16.3 Å². The number of aromatic nitrogens is 1. The summed E-state index contributed by atoms with van der Waals surface area (Å²) in [5.74, 6) is -1.47. The van der Waals surface area contributed by atoms with Gasteiger partial charge in [0, 0.05) is 23.1 Å². The number of benzene rings is 2. The van der Waals surface area contributed by atoms with Crippen LogP contribution in [0.15, 0.2) is 78.6 Å². The predicted octanol–water partition coefficient (Wildman–Crippen LogP) is 4.37. The van der Waals surface area contributed by atoms with Crippen molar-refractivity contribution in [2.45, 2.75) is 6.04 Å². The highest BCUT2D eigenvalue weighted by Crippen LogP contribution is 2.43. The molecule has 1 saturated heterocycles. The second-order valence-electron chi connectivity index (χ2n) is 6.63. The summed E-state index contributed by atoms with van der Waals surface area (Å²) in [6.07, 6.45) is 3.13. The first-order valence-electron chi connectivity index (χ1n) is 9.13. The molecule has 1 N–H and O–H groups in total. The molecule has 0 spiro atoms. The Balaban J connectivity index is 1.97. The van der Waals surface area contributed by atoms with Gasteiger partial charge in [-0.15, -0.1) is 0 Å². The van der Waals surface area contributed by atoms with E-state index in [1.807, 2.05) is 0 Å². The maximum absolute atomic E-state index is 13.1. The largest absolute Gasteiger partial charge is 0.507 e. The zero-order chi connectivity index (χ0) is 21.3. The summed E-state index contributed by atoms with van der Waals surface area (Å²) >= 11 is 6.12. The average molecular weight is 421 g/mol. The number of halogens is 1. The lowest BCUT2D eigenvalue weighted by molar-refractivity contribution is -0.132. The standard InChI is InChI=1S/C23H17ClN2O4/c1-30-18-8-3-2-7-17(18)21(27)19-20(14-9-11-25-12-10-14)26(23(29)22(19)28)16-6-4-5-15(24)13-16/h2-13,20,27H,1H3/b21-19+. The van der Waals surface area contributed by atoms with Crippen LogP contribution in [0.4, 0.5) is 5.69 Å². The van der Waals surface area contributed by atoms with Crippen LogP contribution in [-0.2, 0) is 9.59 Å². The zero-order valence-corrected chi connectivity index (χ0v) is 16.7. The van der Waals surface area contributed by atoms with Crippen molar-refractivity contribution in [1.82, 2.24) is 4.98 Å². The third kappa shape index (κ3) is 3.31. The molecular weight excluding hydrogens is 404 g/mol. The SMILES string of the molecule is COc1ccccc1/C(O)=C1\C(=O)C(=O)N(c2cccc(Cl)c2)C1c1ccncc1. The number of carbonyl (C=O) groups excluding carboxylic acids is 2. The van der Waals surface area contributed by atoms with Gasteiger partial charge in [-0.1, -0.05) is 29.8 Å². The normalized spacial score (nSPS) is 17.9. The first-order valence-corrected chi connectivity index (χ1v) is 9.50. The first kappa shape index (κ1) is 19.7. The number of pyridine rings is 1. The lowest BCUT2D eigenvalue weighted by Crippen LogP contribution is -2.29. The van der Waals surface area contributed by atoms with E-state index in [0.717, 1.165) is 0 Å². The molecule has 0 saturated carbocycles. The van der Waals surface area contributed by atoms with Crippen molar-refractivity contribution in [3.8, 4) is 5.75 Å². The second kappa shape index (κ2) is 8.00. The highest BCUT2D eigenvalue weighted by atomic mass is 35.5. The molecule has 3 aromatic rings. The first-order chi connectivity index (χ1) is 14.5. The van der Waals surface area contributed by atoms with E-state index in [9.17, 15) is 14.7 Å². The van der Waals surface area contributed by atoms with Crippen LogP contribution >= 0.6 is 11.6 Å². The summed E-state index contributed by atoms with van der Waals surface area (Å²) in [7, 11) is 1.47. The van der Waals surface area contributed by atoms with Crippen molar-refractivity contribution < 1.29 is 19.4 Å². The van der Waals surface area contributed by atoms with Gasteiger partial charge in [0.1, 0.15) is 11.5 Å². The number of aliphatic hydroxyl groups is 1. The molecular formula is C23H17ClN2O4. The molecule has 0 aliphatic carbocycles. The Labute approximate surface area is 178 Å². The van der Waals surface area contributed by atoms with Gasteiger partial charge in [-0.2, -0.15) is 0 Å². The van der Waals surface area contributed by atoms with E-state index >= 15 is 0 Å². The van der Waals surface area contributed by atoms with Gasteiger partial charge >= 0.3 is 0 Å². The fourth-order valence-electron chi connectivity index (χ4n) is 3.57. The van der Waals surface area contributed by atoms with Crippen LogP contribution in [-0.4, -0.2) is 28.9 Å². The minimum Gasteiger partial charge on any atom is -0.507 e. The number of carbonyl (C=O) groups is 2. The average Bonchev–Trinajstić information content (AvgIpc) is 3.04. The van der Waals surface area contributed by atoms with Gasteiger partial charge in [0.05, 0.1) is 24.3 Å². The third-order valence-electron chi connectivity index (χ3n) is 4.91. The van der Waals surface area contributed by atoms with Crippen LogP contribution in [0, 0.1) is 0 Å². The number of hydrogen-bond donors (Lipinski definition) is 1. The molecule has 2 heterocycles. The van der Waals surface area contributed by atoms with Crippen LogP contribution in [0.25, 0.3) is 5.76 Å². The van der Waals surface area contributed by atoms with Crippen LogP contribution in [0.2, 0.25) is 5.02 Å². The number of ether oxygens (including phenoxy) is 1. The Morgan fingerprint density at radius 1 is 1.07 bits per heavy atom. The third-order valence-corrected chi connectivity index (χ3v) is 5.15. The summed E-state index contributed by atoms with van der Waals surface area (Å²) < 4.78 is 5.32. The Kier molecular flexibility index (Phi) is 5.25. The van der Waals surface area contributed by atoms with E-state index in [1.165, 1.54) is 12.0 Å². The van der Waals surface area contributed by atoms with E-state index in [-0.39, 0.29) is 11.3 Å².